The number of rotatable bonds is 0. The molecule has 5 heteroatoms. The van der Waals surface area contributed by atoms with Crippen molar-refractivity contribution in [1.82, 2.24) is 0 Å². The Morgan fingerprint density at radius 2 is 1.71 bits per heavy atom. The first-order valence-electron chi connectivity index (χ1n) is 0.928. The third-order valence-corrected chi connectivity index (χ3v) is 0. The first kappa shape index (κ1) is 23.0. The molecule has 0 spiro atoms. The van der Waals surface area contributed by atoms with Gasteiger partial charge < -0.3 is 12.2 Å². The van der Waals surface area contributed by atoms with E-state index in [1.54, 1.807) is 0 Å². The molecular weight excluding hydrogens is 127 g/mol. The van der Waals surface area contributed by atoms with Gasteiger partial charge in [-0.05, 0) is 0 Å². The quantitative estimate of drug-likeness (QED) is 0.358. The maximum atomic E-state index is 9.00. The van der Waals surface area contributed by atoms with E-state index in [0.717, 1.165) is 6.92 Å². The first-order valence-corrected chi connectivity index (χ1v) is 0.928. The Morgan fingerprint density at radius 3 is 1.71 bits per heavy atom. The van der Waals surface area contributed by atoms with Gasteiger partial charge in [0.25, 0.3) is 5.97 Å². The van der Waals surface area contributed by atoms with Gasteiger partial charge >= 0.3 is 79.7 Å². The standard InChI is InChI=1S/C2H4O2.Ca.Li.Mg.5H/c1-2(3)4;;;;;;;;/h1H3,(H,3,4);;;;;;;;/q;+2;+1;+2;5*-1. The molecule has 0 saturated carbocycles. The van der Waals surface area contributed by atoms with E-state index in [1.807, 2.05) is 0 Å². The Bertz CT molecular complexity index is 50.4. The second-order valence-electron chi connectivity index (χ2n) is 0.519. The van der Waals surface area contributed by atoms with Crippen molar-refractivity contribution < 1.29 is 35.9 Å². The summed E-state index contributed by atoms with van der Waals surface area (Å²) >= 11 is 0. The van der Waals surface area contributed by atoms with Crippen LogP contribution in [0.4, 0.5) is 0 Å². The van der Waals surface area contributed by atoms with Gasteiger partial charge in [-0.3, -0.25) is 4.79 Å². The van der Waals surface area contributed by atoms with E-state index in [9.17, 15) is 0 Å². The largest absolute Gasteiger partial charge is 2.00 e. The predicted octanol–water partition coefficient (Wildman–Crippen LogP) is -3.10. The van der Waals surface area contributed by atoms with E-state index in [-0.39, 0.29) is 86.8 Å². The molecular formula is C2H9CaLiMgO2. The van der Waals surface area contributed by atoms with E-state index in [1.165, 1.54) is 0 Å². The van der Waals surface area contributed by atoms with E-state index in [2.05, 4.69) is 0 Å². The Balaban J connectivity index is -0.00000000161. The van der Waals surface area contributed by atoms with Crippen LogP contribution in [-0.4, -0.2) is 71.9 Å². The van der Waals surface area contributed by atoms with Crippen LogP contribution in [0.5, 0.6) is 0 Å². The van der Waals surface area contributed by atoms with Gasteiger partial charge in [-0.1, -0.05) is 0 Å². The van der Waals surface area contributed by atoms with Crippen LogP contribution < -0.4 is 18.9 Å². The second-order valence-corrected chi connectivity index (χ2v) is 0.519. The van der Waals surface area contributed by atoms with Crippen molar-refractivity contribution in [3.8, 4) is 0 Å². The fraction of sp³-hybridized carbons (Fsp3) is 0.500. The summed E-state index contributed by atoms with van der Waals surface area (Å²) in [5.41, 5.74) is 0. The zero-order valence-corrected chi connectivity index (χ0v) is 8.39. The fourth-order valence-corrected chi connectivity index (χ4v) is 0. The van der Waals surface area contributed by atoms with Gasteiger partial charge in [0.1, 0.15) is 0 Å². The van der Waals surface area contributed by atoms with Crippen molar-refractivity contribution in [3.05, 3.63) is 0 Å². The maximum Gasteiger partial charge on any atom is 2.00 e. The molecule has 0 aromatic heterocycles. The van der Waals surface area contributed by atoms with Crippen LogP contribution in [0.15, 0.2) is 0 Å². The van der Waals surface area contributed by atoms with Crippen molar-refractivity contribution in [2.24, 2.45) is 0 Å². The molecule has 0 atom stereocenters. The molecule has 0 aromatic rings. The summed E-state index contributed by atoms with van der Waals surface area (Å²) in [4.78, 5) is 9.00. The number of hydrogen-bond donors (Lipinski definition) is 1. The van der Waals surface area contributed by atoms with E-state index in [4.69, 9.17) is 9.90 Å². The van der Waals surface area contributed by atoms with Gasteiger partial charge in [-0.25, -0.2) is 0 Å². The first-order chi connectivity index (χ1) is 1.73. The average molecular weight is 136 g/mol. The molecule has 0 unspecified atom stereocenters. The summed E-state index contributed by atoms with van der Waals surface area (Å²) in [6.45, 7) is 1.08. The molecule has 1 N–H and O–H groups in total. The number of carboxylic acid groups (broad SMARTS) is 1. The molecule has 0 radical (unpaired) electrons. The molecule has 0 aliphatic heterocycles. The minimum atomic E-state index is -0.833. The Morgan fingerprint density at radius 1 is 1.71 bits per heavy atom. The van der Waals surface area contributed by atoms with Gasteiger partial charge in [0.05, 0.1) is 0 Å². The predicted molar refractivity (Wildman–Crippen MR) is 30.4 cm³/mol. The van der Waals surface area contributed by atoms with E-state index >= 15 is 0 Å². The molecule has 0 aliphatic carbocycles. The van der Waals surface area contributed by atoms with E-state index < -0.39 is 5.97 Å². The molecule has 0 aliphatic rings. The molecule has 0 bridgehead atoms. The van der Waals surface area contributed by atoms with Crippen molar-refractivity contribution >= 4 is 66.8 Å². The maximum absolute atomic E-state index is 9.00. The monoisotopic (exact) mass is 136 g/mol. The Hall–Kier alpha value is 2.09. The van der Waals surface area contributed by atoms with Gasteiger partial charge in [0.2, 0.25) is 0 Å². The van der Waals surface area contributed by atoms with Crippen LogP contribution >= 0.6 is 0 Å². The molecule has 0 aromatic carbocycles. The minimum absolute atomic E-state index is 0. The number of carboxylic acids is 1. The third-order valence-electron chi connectivity index (χ3n) is 0. The summed E-state index contributed by atoms with van der Waals surface area (Å²) in [6.07, 6.45) is 0. The Kier molecular flexibility index (Phi) is 51.5. The summed E-state index contributed by atoms with van der Waals surface area (Å²) in [7, 11) is 0. The average Bonchev–Trinajstić information content (AvgIpc) is 0.811. The SMILES string of the molecule is CC(=O)O.[Ca+2].[H-].[H-].[H-].[H-].[H-].[Li+].[Mg+2]. The molecule has 7 heavy (non-hydrogen) atoms. The van der Waals surface area contributed by atoms with Crippen molar-refractivity contribution in [2.45, 2.75) is 6.92 Å². The summed E-state index contributed by atoms with van der Waals surface area (Å²) in [6, 6.07) is 0. The van der Waals surface area contributed by atoms with Crippen molar-refractivity contribution in [1.29, 1.82) is 0 Å². The zero-order valence-electron chi connectivity index (χ0n) is 9.77. The normalized spacial score (nSPS) is 3.57. The zero-order chi connectivity index (χ0) is 3.58. The van der Waals surface area contributed by atoms with Crippen molar-refractivity contribution in [2.75, 3.05) is 0 Å². The molecule has 0 amide bonds. The molecule has 0 heterocycles. The van der Waals surface area contributed by atoms with Crippen molar-refractivity contribution in [3.63, 3.8) is 0 Å². The molecule has 34 valence electrons. The van der Waals surface area contributed by atoms with Crippen LogP contribution in [-0.2, 0) is 4.79 Å². The minimum Gasteiger partial charge on any atom is -1.00 e. The molecule has 0 rings (SSSR count). The number of aliphatic carboxylic acids is 1. The van der Waals surface area contributed by atoms with Crippen LogP contribution in [0.3, 0.4) is 0 Å². The van der Waals surface area contributed by atoms with Crippen LogP contribution in [0.2, 0.25) is 0 Å². The van der Waals surface area contributed by atoms with Gasteiger partial charge in [0, 0.05) is 6.92 Å². The number of hydrogen-bond acceptors (Lipinski definition) is 1. The van der Waals surface area contributed by atoms with E-state index in [0.29, 0.717) is 0 Å². The molecule has 2 nitrogen and oxygen atoms in total. The number of carbonyl (C=O) groups is 1. The Labute approximate surface area is 108 Å². The summed E-state index contributed by atoms with van der Waals surface area (Å²) in [5.74, 6) is -0.833. The van der Waals surface area contributed by atoms with Gasteiger partial charge in [-0.15, -0.1) is 0 Å². The van der Waals surface area contributed by atoms with Gasteiger partial charge in [-0.2, -0.15) is 0 Å². The second kappa shape index (κ2) is 15.7. The topological polar surface area (TPSA) is 37.3 Å². The fourth-order valence-electron chi connectivity index (χ4n) is 0. The smallest absolute Gasteiger partial charge is 1.00 e. The van der Waals surface area contributed by atoms with Crippen LogP contribution in [0.1, 0.15) is 14.1 Å². The van der Waals surface area contributed by atoms with Crippen LogP contribution in [0, 0.1) is 0 Å². The van der Waals surface area contributed by atoms with Gasteiger partial charge in [0.15, 0.2) is 0 Å². The van der Waals surface area contributed by atoms with Crippen LogP contribution in [0.25, 0.3) is 0 Å². The third kappa shape index (κ3) is 68.6. The summed E-state index contributed by atoms with van der Waals surface area (Å²) in [5, 5.41) is 7.42. The molecule has 0 saturated heterocycles. The molecule has 0 fully saturated rings. The summed E-state index contributed by atoms with van der Waals surface area (Å²) < 4.78 is 0.